The number of nitrogens with one attached hydrogen (secondary N) is 1. The van der Waals surface area contributed by atoms with Crippen molar-refractivity contribution in [3.8, 4) is 0 Å². The molecule has 0 spiro atoms. The fraction of sp³-hybridized carbons (Fsp3) is 0.176. The minimum Gasteiger partial charge on any atom is -0.313 e. The Morgan fingerprint density at radius 1 is 1.14 bits per heavy atom. The zero-order chi connectivity index (χ0) is 14.7. The highest BCUT2D eigenvalue weighted by Gasteiger charge is 2.15. The number of rotatable bonds is 4. The molecule has 4 heteroatoms. The average Bonchev–Trinajstić information content (AvgIpc) is 2.53. The van der Waals surface area contributed by atoms with Gasteiger partial charge in [-0.05, 0) is 42.8 Å². The van der Waals surface area contributed by atoms with Gasteiger partial charge in [0.25, 0.3) is 0 Å². The Balaban J connectivity index is 1.98. The molecule has 0 bridgehead atoms. The van der Waals surface area contributed by atoms with Crippen LogP contribution in [0.1, 0.15) is 17.2 Å². The fourth-order valence-electron chi connectivity index (χ4n) is 2.59. The zero-order valence-corrected chi connectivity index (χ0v) is 12.5. The molecule has 2 heterocycles. The molecule has 0 fully saturated rings. The summed E-state index contributed by atoms with van der Waals surface area (Å²) in [5, 5.41) is 5.22. The number of hydrogen-bond acceptors (Lipinski definition) is 3. The molecule has 1 aromatic carbocycles. The molecular formula is C17H16ClN3. The standard InChI is InChI=1S/C17H16ClN3/c1-19-17(14-7-8-20-11-15(14)18)10-12-6-9-21-16-5-3-2-4-13(12)16/h2-9,11,17,19H,10H2,1H3. The number of pyridine rings is 2. The van der Waals surface area contributed by atoms with Gasteiger partial charge in [-0.3, -0.25) is 9.97 Å². The van der Waals surface area contributed by atoms with Gasteiger partial charge in [-0.1, -0.05) is 29.8 Å². The van der Waals surface area contributed by atoms with Crippen LogP contribution in [-0.2, 0) is 6.42 Å². The Morgan fingerprint density at radius 3 is 2.81 bits per heavy atom. The van der Waals surface area contributed by atoms with Crippen LogP contribution in [0.5, 0.6) is 0 Å². The number of fused-ring (bicyclic) bond motifs is 1. The molecule has 3 nitrogen and oxygen atoms in total. The van der Waals surface area contributed by atoms with E-state index in [1.54, 1.807) is 12.4 Å². The van der Waals surface area contributed by atoms with Crippen molar-refractivity contribution < 1.29 is 0 Å². The monoisotopic (exact) mass is 297 g/mol. The van der Waals surface area contributed by atoms with E-state index in [1.165, 1.54) is 10.9 Å². The van der Waals surface area contributed by atoms with Crippen molar-refractivity contribution in [2.24, 2.45) is 0 Å². The Labute approximate surface area is 129 Å². The summed E-state index contributed by atoms with van der Waals surface area (Å²) in [6.45, 7) is 0. The van der Waals surface area contributed by atoms with Crippen LogP contribution < -0.4 is 5.32 Å². The normalized spacial score (nSPS) is 12.5. The molecule has 0 aliphatic heterocycles. The Bertz CT molecular complexity index is 752. The minimum absolute atomic E-state index is 0.145. The third-order valence-electron chi connectivity index (χ3n) is 3.69. The van der Waals surface area contributed by atoms with Gasteiger partial charge in [-0.25, -0.2) is 0 Å². The number of hydrogen-bond donors (Lipinski definition) is 1. The first-order chi connectivity index (χ1) is 10.3. The fourth-order valence-corrected chi connectivity index (χ4v) is 2.84. The van der Waals surface area contributed by atoms with Gasteiger partial charge in [0, 0.05) is 30.0 Å². The van der Waals surface area contributed by atoms with Gasteiger partial charge in [-0.2, -0.15) is 0 Å². The Hall–Kier alpha value is -1.97. The highest BCUT2D eigenvalue weighted by molar-refractivity contribution is 6.31. The van der Waals surface area contributed by atoms with Gasteiger partial charge in [0.05, 0.1) is 10.5 Å². The van der Waals surface area contributed by atoms with E-state index in [9.17, 15) is 0 Å². The molecule has 21 heavy (non-hydrogen) atoms. The number of para-hydroxylation sites is 1. The molecule has 0 aliphatic rings. The molecule has 2 aromatic heterocycles. The second kappa shape index (κ2) is 6.20. The number of halogens is 1. The first-order valence-electron chi connectivity index (χ1n) is 6.89. The Morgan fingerprint density at radius 2 is 2.00 bits per heavy atom. The molecule has 106 valence electrons. The predicted molar refractivity (Wildman–Crippen MR) is 86.5 cm³/mol. The summed E-state index contributed by atoms with van der Waals surface area (Å²) in [6, 6.07) is 12.4. The number of nitrogens with zero attached hydrogens (tertiary/aromatic N) is 2. The molecule has 0 amide bonds. The smallest absolute Gasteiger partial charge is 0.0704 e. The van der Waals surface area contributed by atoms with Crippen molar-refractivity contribution >= 4 is 22.5 Å². The van der Waals surface area contributed by atoms with Crippen LogP contribution in [0.25, 0.3) is 10.9 Å². The van der Waals surface area contributed by atoms with Crippen molar-refractivity contribution in [3.05, 3.63) is 71.1 Å². The molecule has 1 unspecified atom stereocenters. The van der Waals surface area contributed by atoms with Crippen LogP contribution in [0.4, 0.5) is 0 Å². The van der Waals surface area contributed by atoms with Gasteiger partial charge in [0.2, 0.25) is 0 Å². The number of benzene rings is 1. The van der Waals surface area contributed by atoms with Crippen molar-refractivity contribution in [1.82, 2.24) is 15.3 Å². The summed E-state index contributed by atoms with van der Waals surface area (Å²) in [4.78, 5) is 8.46. The molecular weight excluding hydrogens is 282 g/mol. The van der Waals surface area contributed by atoms with E-state index < -0.39 is 0 Å². The molecule has 0 aliphatic carbocycles. The highest BCUT2D eigenvalue weighted by atomic mass is 35.5. The highest BCUT2D eigenvalue weighted by Crippen LogP contribution is 2.27. The molecule has 1 N–H and O–H groups in total. The number of aromatic nitrogens is 2. The van der Waals surface area contributed by atoms with E-state index in [0.717, 1.165) is 17.5 Å². The Kier molecular flexibility index (Phi) is 4.13. The summed E-state index contributed by atoms with van der Waals surface area (Å²) >= 11 is 6.27. The molecule has 3 aromatic rings. The third-order valence-corrected chi connectivity index (χ3v) is 4.01. The quantitative estimate of drug-likeness (QED) is 0.796. The van der Waals surface area contributed by atoms with Crippen molar-refractivity contribution in [2.75, 3.05) is 7.05 Å². The average molecular weight is 298 g/mol. The largest absolute Gasteiger partial charge is 0.313 e. The molecule has 3 rings (SSSR count). The first kappa shape index (κ1) is 14.0. The van der Waals surface area contributed by atoms with Gasteiger partial charge < -0.3 is 5.32 Å². The van der Waals surface area contributed by atoms with E-state index in [1.807, 2.05) is 37.5 Å². The molecule has 0 saturated heterocycles. The summed E-state index contributed by atoms with van der Waals surface area (Å²) in [6.07, 6.45) is 6.17. The summed E-state index contributed by atoms with van der Waals surface area (Å²) in [5.41, 5.74) is 3.34. The maximum Gasteiger partial charge on any atom is 0.0704 e. The minimum atomic E-state index is 0.145. The summed E-state index contributed by atoms with van der Waals surface area (Å²) in [7, 11) is 1.95. The SMILES string of the molecule is CNC(Cc1ccnc2ccccc12)c1ccncc1Cl. The van der Waals surface area contributed by atoms with Crippen LogP contribution in [0, 0.1) is 0 Å². The van der Waals surface area contributed by atoms with E-state index in [4.69, 9.17) is 11.6 Å². The van der Waals surface area contributed by atoms with Gasteiger partial charge in [0.15, 0.2) is 0 Å². The van der Waals surface area contributed by atoms with E-state index >= 15 is 0 Å². The van der Waals surface area contributed by atoms with E-state index in [-0.39, 0.29) is 6.04 Å². The lowest BCUT2D eigenvalue weighted by molar-refractivity contribution is 0.593. The maximum atomic E-state index is 6.27. The maximum absolute atomic E-state index is 6.27. The topological polar surface area (TPSA) is 37.8 Å². The van der Waals surface area contributed by atoms with Crippen LogP contribution in [0.3, 0.4) is 0 Å². The lowest BCUT2D eigenvalue weighted by Gasteiger charge is -2.18. The van der Waals surface area contributed by atoms with Crippen molar-refractivity contribution in [1.29, 1.82) is 0 Å². The predicted octanol–water partition coefficient (Wildman–Crippen LogP) is 3.79. The number of likely N-dealkylation sites (N-methyl/N-ethyl adjacent to an activating group) is 1. The summed E-state index contributed by atoms with van der Waals surface area (Å²) < 4.78 is 0. The van der Waals surface area contributed by atoms with Crippen molar-refractivity contribution in [2.45, 2.75) is 12.5 Å². The zero-order valence-electron chi connectivity index (χ0n) is 11.8. The molecule has 1 atom stereocenters. The van der Waals surface area contributed by atoms with E-state index in [2.05, 4.69) is 27.4 Å². The summed E-state index contributed by atoms with van der Waals surface area (Å²) in [5.74, 6) is 0. The van der Waals surface area contributed by atoms with Crippen LogP contribution >= 0.6 is 11.6 Å². The molecule has 0 saturated carbocycles. The third kappa shape index (κ3) is 2.89. The van der Waals surface area contributed by atoms with Crippen LogP contribution in [0.15, 0.2) is 55.0 Å². The first-order valence-corrected chi connectivity index (χ1v) is 7.26. The second-order valence-corrected chi connectivity index (χ2v) is 5.34. The molecule has 0 radical (unpaired) electrons. The second-order valence-electron chi connectivity index (χ2n) is 4.93. The van der Waals surface area contributed by atoms with E-state index in [0.29, 0.717) is 5.02 Å². The van der Waals surface area contributed by atoms with Crippen LogP contribution in [0.2, 0.25) is 5.02 Å². The van der Waals surface area contributed by atoms with Crippen LogP contribution in [-0.4, -0.2) is 17.0 Å². The van der Waals surface area contributed by atoms with Gasteiger partial charge in [0.1, 0.15) is 0 Å². The van der Waals surface area contributed by atoms with Crippen molar-refractivity contribution in [3.63, 3.8) is 0 Å². The van der Waals surface area contributed by atoms with Gasteiger partial charge >= 0.3 is 0 Å². The lowest BCUT2D eigenvalue weighted by Crippen LogP contribution is -2.19. The lowest BCUT2D eigenvalue weighted by atomic mass is 9.97. The van der Waals surface area contributed by atoms with Gasteiger partial charge in [-0.15, -0.1) is 0 Å².